The summed E-state index contributed by atoms with van der Waals surface area (Å²) in [5.41, 5.74) is 1.76. The van der Waals surface area contributed by atoms with Crippen molar-refractivity contribution in [2.45, 2.75) is 59.9 Å². The molecular formula is C18H30ClN. The summed E-state index contributed by atoms with van der Waals surface area (Å²) < 4.78 is 0. The van der Waals surface area contributed by atoms with Gasteiger partial charge in [0.15, 0.2) is 0 Å². The van der Waals surface area contributed by atoms with Crippen molar-refractivity contribution in [3.63, 3.8) is 0 Å². The average Bonchev–Trinajstić information content (AvgIpc) is 2.31. The van der Waals surface area contributed by atoms with Gasteiger partial charge in [0.25, 0.3) is 0 Å². The molecule has 1 rings (SSSR count). The van der Waals surface area contributed by atoms with Crippen molar-refractivity contribution < 1.29 is 0 Å². The molecule has 0 aliphatic carbocycles. The van der Waals surface area contributed by atoms with Gasteiger partial charge in [-0.25, -0.2) is 0 Å². The van der Waals surface area contributed by atoms with Crippen molar-refractivity contribution in [3.8, 4) is 0 Å². The van der Waals surface area contributed by atoms with Crippen LogP contribution in [0.15, 0.2) is 24.3 Å². The van der Waals surface area contributed by atoms with E-state index in [2.05, 4.69) is 52.1 Å². The Morgan fingerprint density at radius 2 is 1.90 bits per heavy atom. The highest BCUT2D eigenvalue weighted by Gasteiger charge is 2.16. The molecule has 2 heteroatoms. The van der Waals surface area contributed by atoms with Crippen LogP contribution in [0.3, 0.4) is 0 Å². The summed E-state index contributed by atoms with van der Waals surface area (Å²) in [5.74, 6) is 0.676. The summed E-state index contributed by atoms with van der Waals surface area (Å²) in [6.45, 7) is 12.5. The minimum Gasteiger partial charge on any atom is -0.314 e. The molecule has 0 heterocycles. The topological polar surface area (TPSA) is 12.0 Å². The zero-order valence-electron chi connectivity index (χ0n) is 13.7. The third-order valence-electron chi connectivity index (χ3n) is 3.53. The molecule has 114 valence electrons. The molecule has 1 aromatic rings. The van der Waals surface area contributed by atoms with Gasteiger partial charge in [-0.15, -0.1) is 0 Å². The van der Waals surface area contributed by atoms with E-state index in [1.54, 1.807) is 0 Å². The summed E-state index contributed by atoms with van der Waals surface area (Å²) in [7, 11) is 0. The Morgan fingerprint density at radius 1 is 1.20 bits per heavy atom. The van der Waals surface area contributed by atoms with Gasteiger partial charge >= 0.3 is 0 Å². The highest BCUT2D eigenvalue weighted by Crippen LogP contribution is 2.25. The number of rotatable bonds is 7. The van der Waals surface area contributed by atoms with Crippen LogP contribution in [0.1, 0.15) is 53.0 Å². The first-order chi connectivity index (χ1) is 9.26. The smallest absolute Gasteiger partial charge is 0.0408 e. The second kappa shape index (κ2) is 8.05. The Balaban J connectivity index is 2.61. The minimum atomic E-state index is 0.407. The lowest BCUT2D eigenvalue weighted by Gasteiger charge is -2.24. The fourth-order valence-corrected chi connectivity index (χ4v) is 2.53. The number of benzene rings is 1. The Morgan fingerprint density at radius 3 is 2.45 bits per heavy atom. The van der Waals surface area contributed by atoms with Crippen LogP contribution in [-0.2, 0) is 6.42 Å². The SMILES string of the molecule is CC(C)NCC(CCC(C)(C)C)Cc1cccc(Cl)c1. The second-order valence-corrected chi connectivity index (χ2v) is 7.80. The first kappa shape index (κ1) is 17.5. The second-order valence-electron chi connectivity index (χ2n) is 7.36. The Labute approximate surface area is 130 Å². The quantitative estimate of drug-likeness (QED) is 0.717. The number of hydrogen-bond acceptors (Lipinski definition) is 1. The van der Waals surface area contributed by atoms with Crippen LogP contribution < -0.4 is 5.32 Å². The minimum absolute atomic E-state index is 0.407. The lowest BCUT2D eigenvalue weighted by atomic mass is 9.84. The van der Waals surface area contributed by atoms with Crippen molar-refractivity contribution in [2.24, 2.45) is 11.3 Å². The van der Waals surface area contributed by atoms with Gasteiger partial charge in [-0.2, -0.15) is 0 Å². The van der Waals surface area contributed by atoms with Gasteiger partial charge in [0.2, 0.25) is 0 Å². The molecule has 1 aromatic carbocycles. The molecule has 0 amide bonds. The summed E-state index contributed by atoms with van der Waals surface area (Å²) in [4.78, 5) is 0. The largest absolute Gasteiger partial charge is 0.314 e. The molecule has 20 heavy (non-hydrogen) atoms. The van der Waals surface area contributed by atoms with E-state index in [0.29, 0.717) is 17.4 Å². The van der Waals surface area contributed by atoms with Crippen molar-refractivity contribution in [1.29, 1.82) is 0 Å². The maximum Gasteiger partial charge on any atom is 0.0408 e. The Bertz CT molecular complexity index is 393. The van der Waals surface area contributed by atoms with Crippen LogP contribution >= 0.6 is 11.6 Å². The zero-order valence-corrected chi connectivity index (χ0v) is 14.4. The zero-order chi connectivity index (χ0) is 15.2. The molecule has 1 N–H and O–H groups in total. The molecule has 1 atom stereocenters. The third kappa shape index (κ3) is 7.91. The van der Waals surface area contributed by atoms with Gasteiger partial charge in [0, 0.05) is 11.1 Å². The van der Waals surface area contributed by atoms with Crippen LogP contribution in [0.2, 0.25) is 5.02 Å². The number of halogens is 1. The highest BCUT2D eigenvalue weighted by atomic mass is 35.5. The summed E-state index contributed by atoms with van der Waals surface area (Å²) in [6, 6.07) is 8.83. The molecule has 1 nitrogen and oxygen atoms in total. The van der Waals surface area contributed by atoms with Gasteiger partial charge in [0.05, 0.1) is 0 Å². The van der Waals surface area contributed by atoms with E-state index in [1.807, 2.05) is 12.1 Å². The summed E-state index contributed by atoms with van der Waals surface area (Å²) in [5, 5.41) is 4.43. The first-order valence-electron chi connectivity index (χ1n) is 7.74. The van der Waals surface area contributed by atoms with Crippen LogP contribution in [0.4, 0.5) is 0 Å². The molecule has 0 saturated heterocycles. The van der Waals surface area contributed by atoms with E-state index < -0.39 is 0 Å². The lowest BCUT2D eigenvalue weighted by Crippen LogP contribution is -2.30. The molecule has 0 aromatic heterocycles. The van der Waals surface area contributed by atoms with Gasteiger partial charge < -0.3 is 5.32 Å². The molecular weight excluding hydrogens is 266 g/mol. The van der Waals surface area contributed by atoms with Crippen LogP contribution in [0.25, 0.3) is 0 Å². The lowest BCUT2D eigenvalue weighted by molar-refractivity contribution is 0.310. The van der Waals surface area contributed by atoms with Gasteiger partial charge in [-0.05, 0) is 54.8 Å². The van der Waals surface area contributed by atoms with Crippen LogP contribution in [0.5, 0.6) is 0 Å². The van der Waals surface area contributed by atoms with Gasteiger partial charge in [-0.1, -0.05) is 58.4 Å². The van der Waals surface area contributed by atoms with Crippen LogP contribution in [-0.4, -0.2) is 12.6 Å². The van der Waals surface area contributed by atoms with E-state index >= 15 is 0 Å². The standard InChI is InChI=1S/C18H30ClN/c1-14(2)20-13-16(9-10-18(3,4)5)11-15-7-6-8-17(19)12-15/h6-8,12,14,16,20H,9-11,13H2,1-5H3. The number of hydrogen-bond donors (Lipinski definition) is 1. The van der Waals surface area contributed by atoms with Gasteiger partial charge in [0.1, 0.15) is 0 Å². The normalized spacial score (nSPS) is 13.8. The summed E-state index contributed by atoms with van der Waals surface area (Å²) >= 11 is 6.09. The third-order valence-corrected chi connectivity index (χ3v) is 3.77. The molecule has 0 fully saturated rings. The van der Waals surface area contributed by atoms with E-state index in [9.17, 15) is 0 Å². The van der Waals surface area contributed by atoms with E-state index in [-0.39, 0.29) is 0 Å². The van der Waals surface area contributed by atoms with E-state index in [4.69, 9.17) is 11.6 Å². The van der Waals surface area contributed by atoms with E-state index in [1.165, 1.54) is 18.4 Å². The maximum absolute atomic E-state index is 6.09. The van der Waals surface area contributed by atoms with Crippen molar-refractivity contribution in [2.75, 3.05) is 6.54 Å². The van der Waals surface area contributed by atoms with Gasteiger partial charge in [-0.3, -0.25) is 0 Å². The maximum atomic E-state index is 6.09. The number of nitrogens with one attached hydrogen (secondary N) is 1. The van der Waals surface area contributed by atoms with Crippen molar-refractivity contribution in [3.05, 3.63) is 34.9 Å². The molecule has 0 bridgehead atoms. The molecule has 0 saturated carbocycles. The highest BCUT2D eigenvalue weighted by molar-refractivity contribution is 6.30. The predicted octanol–water partition coefficient (Wildman–Crippen LogP) is 5.32. The van der Waals surface area contributed by atoms with Crippen LogP contribution in [0, 0.1) is 11.3 Å². The van der Waals surface area contributed by atoms with Crippen molar-refractivity contribution in [1.82, 2.24) is 5.32 Å². The molecule has 0 spiro atoms. The monoisotopic (exact) mass is 295 g/mol. The average molecular weight is 296 g/mol. The van der Waals surface area contributed by atoms with Crippen molar-refractivity contribution >= 4 is 11.6 Å². The van der Waals surface area contributed by atoms with E-state index in [0.717, 1.165) is 18.0 Å². The Kier molecular flexibility index (Phi) is 7.05. The summed E-state index contributed by atoms with van der Waals surface area (Å²) in [6.07, 6.45) is 3.63. The Hall–Kier alpha value is -0.530. The fraction of sp³-hybridized carbons (Fsp3) is 0.667. The first-order valence-corrected chi connectivity index (χ1v) is 8.12. The molecule has 1 unspecified atom stereocenters. The molecule has 0 aliphatic heterocycles. The molecule has 0 aliphatic rings. The molecule has 0 radical (unpaired) electrons. The predicted molar refractivity (Wildman–Crippen MR) is 90.5 cm³/mol. The fourth-order valence-electron chi connectivity index (χ4n) is 2.31.